The minimum Gasteiger partial charge on any atom is -0.485 e. The molecule has 0 saturated carbocycles. The van der Waals surface area contributed by atoms with Crippen molar-refractivity contribution < 1.29 is 23.0 Å². The lowest BCUT2D eigenvalue weighted by Crippen LogP contribution is -2.51. The van der Waals surface area contributed by atoms with Crippen molar-refractivity contribution in [3.63, 3.8) is 0 Å². The van der Waals surface area contributed by atoms with Crippen molar-refractivity contribution in [1.29, 1.82) is 0 Å². The van der Waals surface area contributed by atoms with Crippen LogP contribution in [0.5, 0.6) is 5.75 Å². The van der Waals surface area contributed by atoms with E-state index in [0.29, 0.717) is 13.2 Å². The number of rotatable bonds is 10. The predicted molar refractivity (Wildman–Crippen MR) is 133 cm³/mol. The number of fused-ring (bicyclic) bond motifs is 1. The summed E-state index contributed by atoms with van der Waals surface area (Å²) < 4.78 is 46.3. The SMILES string of the molecule is CCCCOC1c2cc(NCc3cccc(F)c3)ccc2OC(C)(C)C1OCc1cccc(F)c1. The first-order valence-electron chi connectivity index (χ1n) is 12.1. The van der Waals surface area contributed by atoms with E-state index >= 15 is 0 Å². The smallest absolute Gasteiger partial charge is 0.132 e. The summed E-state index contributed by atoms with van der Waals surface area (Å²) >= 11 is 0. The number of anilines is 1. The Morgan fingerprint density at radius 1 is 0.914 bits per heavy atom. The van der Waals surface area contributed by atoms with Gasteiger partial charge < -0.3 is 19.5 Å². The molecule has 0 spiro atoms. The molecule has 186 valence electrons. The number of hydrogen-bond donors (Lipinski definition) is 1. The van der Waals surface area contributed by atoms with Gasteiger partial charge in [-0.15, -0.1) is 0 Å². The standard InChI is InChI=1S/C29H33F2NO3/c1-4-5-14-33-27-25-17-24(32-18-20-8-6-10-22(30)15-20)12-13-26(25)35-29(2,3)28(27)34-19-21-9-7-11-23(31)16-21/h6-13,15-17,27-28,32H,4-5,14,18-19H2,1-3H3. The van der Waals surface area contributed by atoms with E-state index < -0.39 is 11.7 Å². The number of benzene rings is 3. The highest BCUT2D eigenvalue weighted by molar-refractivity contribution is 5.54. The predicted octanol–water partition coefficient (Wildman–Crippen LogP) is 7.19. The van der Waals surface area contributed by atoms with Crippen LogP contribution in [-0.2, 0) is 22.6 Å². The zero-order valence-electron chi connectivity index (χ0n) is 20.5. The van der Waals surface area contributed by atoms with Gasteiger partial charge in [0.1, 0.15) is 35.2 Å². The van der Waals surface area contributed by atoms with Crippen molar-refractivity contribution in [2.75, 3.05) is 11.9 Å². The van der Waals surface area contributed by atoms with Gasteiger partial charge in [0.2, 0.25) is 0 Å². The van der Waals surface area contributed by atoms with Gasteiger partial charge in [0.05, 0.1) is 6.61 Å². The molecule has 2 atom stereocenters. The van der Waals surface area contributed by atoms with Crippen molar-refractivity contribution in [1.82, 2.24) is 0 Å². The fourth-order valence-electron chi connectivity index (χ4n) is 4.33. The molecule has 35 heavy (non-hydrogen) atoms. The largest absolute Gasteiger partial charge is 0.485 e. The molecule has 4 nitrogen and oxygen atoms in total. The molecule has 4 rings (SSSR count). The van der Waals surface area contributed by atoms with E-state index in [2.05, 4.69) is 12.2 Å². The number of unbranched alkanes of at least 4 members (excludes halogenated alkanes) is 1. The summed E-state index contributed by atoms with van der Waals surface area (Å²) in [5.41, 5.74) is 2.73. The average molecular weight is 482 g/mol. The number of halogens is 2. The maximum absolute atomic E-state index is 13.7. The van der Waals surface area contributed by atoms with Gasteiger partial charge in [-0.3, -0.25) is 0 Å². The Kier molecular flexibility index (Phi) is 8.04. The molecule has 1 heterocycles. The molecule has 0 bridgehead atoms. The van der Waals surface area contributed by atoms with Crippen LogP contribution in [0.4, 0.5) is 14.5 Å². The van der Waals surface area contributed by atoms with E-state index in [1.165, 1.54) is 24.3 Å². The summed E-state index contributed by atoms with van der Waals surface area (Å²) in [7, 11) is 0. The fourth-order valence-corrected chi connectivity index (χ4v) is 4.33. The van der Waals surface area contributed by atoms with Crippen molar-refractivity contribution in [3.05, 3.63) is 95.1 Å². The lowest BCUT2D eigenvalue weighted by Gasteiger charge is -2.44. The molecule has 6 heteroatoms. The molecule has 1 N–H and O–H groups in total. The van der Waals surface area contributed by atoms with Crippen molar-refractivity contribution in [3.8, 4) is 5.75 Å². The summed E-state index contributed by atoms with van der Waals surface area (Å²) in [6, 6.07) is 18.9. The number of hydrogen-bond acceptors (Lipinski definition) is 4. The number of nitrogens with one attached hydrogen (secondary N) is 1. The van der Waals surface area contributed by atoms with E-state index in [1.54, 1.807) is 12.1 Å². The molecule has 0 aromatic heterocycles. The quantitative estimate of drug-likeness (QED) is 0.311. The summed E-state index contributed by atoms with van der Waals surface area (Å²) in [5.74, 6) is 0.201. The molecule has 2 unspecified atom stereocenters. The van der Waals surface area contributed by atoms with E-state index in [-0.39, 0.29) is 24.3 Å². The maximum atomic E-state index is 13.7. The summed E-state index contributed by atoms with van der Waals surface area (Å²) in [5, 5.41) is 3.37. The third-order valence-corrected chi connectivity index (χ3v) is 6.15. The topological polar surface area (TPSA) is 39.7 Å². The van der Waals surface area contributed by atoms with Crippen LogP contribution in [0.1, 0.15) is 56.4 Å². The Bertz CT molecular complexity index is 1130. The van der Waals surface area contributed by atoms with E-state index in [0.717, 1.165) is 41.0 Å². The minimum absolute atomic E-state index is 0.246. The highest BCUT2D eigenvalue weighted by Crippen LogP contribution is 2.44. The van der Waals surface area contributed by atoms with Crippen LogP contribution >= 0.6 is 0 Å². The average Bonchev–Trinajstić information content (AvgIpc) is 2.82. The molecule has 1 aliphatic heterocycles. The molecule has 0 amide bonds. The zero-order chi connectivity index (χ0) is 24.8. The minimum atomic E-state index is -0.659. The highest BCUT2D eigenvalue weighted by atomic mass is 19.1. The maximum Gasteiger partial charge on any atom is 0.132 e. The fraction of sp³-hybridized carbons (Fsp3) is 0.379. The Labute approximate surface area is 206 Å². The second kappa shape index (κ2) is 11.2. The van der Waals surface area contributed by atoms with Crippen LogP contribution in [-0.4, -0.2) is 18.3 Å². The summed E-state index contributed by atoms with van der Waals surface area (Å²) in [4.78, 5) is 0. The monoisotopic (exact) mass is 481 g/mol. The van der Waals surface area contributed by atoms with Gasteiger partial charge >= 0.3 is 0 Å². The molecule has 0 fully saturated rings. The molecule has 0 saturated heterocycles. The molecule has 0 radical (unpaired) electrons. The van der Waals surface area contributed by atoms with Crippen LogP contribution in [0.2, 0.25) is 0 Å². The van der Waals surface area contributed by atoms with Gasteiger partial charge in [0, 0.05) is 24.4 Å². The van der Waals surface area contributed by atoms with Crippen molar-refractivity contribution in [2.45, 2.75) is 64.6 Å². The van der Waals surface area contributed by atoms with Crippen molar-refractivity contribution >= 4 is 5.69 Å². The Hall–Kier alpha value is -2.96. The third kappa shape index (κ3) is 6.38. The van der Waals surface area contributed by atoms with Crippen LogP contribution in [0.15, 0.2) is 66.7 Å². The summed E-state index contributed by atoms with van der Waals surface area (Å²) in [6.45, 7) is 7.42. The Balaban J connectivity index is 1.58. The lowest BCUT2D eigenvalue weighted by molar-refractivity contribution is -0.167. The van der Waals surface area contributed by atoms with Gasteiger partial charge in [-0.05, 0) is 73.9 Å². The molecule has 1 aliphatic rings. The first-order valence-corrected chi connectivity index (χ1v) is 12.1. The van der Waals surface area contributed by atoms with Gasteiger partial charge in [-0.2, -0.15) is 0 Å². The normalized spacial score (nSPS) is 18.5. The molecular weight excluding hydrogens is 448 g/mol. The molecule has 0 aliphatic carbocycles. The van der Waals surface area contributed by atoms with E-state index in [1.807, 2.05) is 44.2 Å². The first kappa shape index (κ1) is 25.1. The Morgan fingerprint density at radius 2 is 1.63 bits per heavy atom. The molecule has 3 aromatic carbocycles. The van der Waals surface area contributed by atoms with Gasteiger partial charge in [-0.1, -0.05) is 37.6 Å². The highest BCUT2D eigenvalue weighted by Gasteiger charge is 2.45. The van der Waals surface area contributed by atoms with Gasteiger partial charge in [0.25, 0.3) is 0 Å². The van der Waals surface area contributed by atoms with Crippen LogP contribution in [0.3, 0.4) is 0 Å². The van der Waals surface area contributed by atoms with Gasteiger partial charge in [-0.25, -0.2) is 8.78 Å². The second-order valence-corrected chi connectivity index (χ2v) is 9.45. The first-order chi connectivity index (χ1) is 16.9. The zero-order valence-corrected chi connectivity index (χ0v) is 20.5. The van der Waals surface area contributed by atoms with Crippen LogP contribution in [0, 0.1) is 11.6 Å². The third-order valence-electron chi connectivity index (χ3n) is 6.15. The van der Waals surface area contributed by atoms with E-state index in [4.69, 9.17) is 14.2 Å². The number of ether oxygens (including phenoxy) is 3. The van der Waals surface area contributed by atoms with Crippen LogP contribution < -0.4 is 10.1 Å². The summed E-state index contributed by atoms with van der Waals surface area (Å²) in [6.07, 6.45) is 1.18. The van der Waals surface area contributed by atoms with Crippen molar-refractivity contribution in [2.24, 2.45) is 0 Å². The molecular formula is C29H33F2NO3. The second-order valence-electron chi connectivity index (χ2n) is 9.45. The Morgan fingerprint density at radius 3 is 2.34 bits per heavy atom. The molecule has 3 aromatic rings. The lowest BCUT2D eigenvalue weighted by atomic mass is 9.87. The van der Waals surface area contributed by atoms with E-state index in [9.17, 15) is 8.78 Å². The van der Waals surface area contributed by atoms with Crippen LogP contribution in [0.25, 0.3) is 0 Å². The van der Waals surface area contributed by atoms with Gasteiger partial charge in [0.15, 0.2) is 0 Å².